The summed E-state index contributed by atoms with van der Waals surface area (Å²) in [5.74, 6) is -2.11. The molecule has 53 heavy (non-hydrogen) atoms. The largest absolute Gasteiger partial charge is 0.416 e. The number of nitrogens with zero attached hydrogens (tertiary/aromatic N) is 1. The third kappa shape index (κ3) is 6.43. The van der Waals surface area contributed by atoms with Crippen molar-refractivity contribution < 1.29 is 35.1 Å². The van der Waals surface area contributed by atoms with Gasteiger partial charge in [0.1, 0.15) is 11.6 Å². The highest BCUT2D eigenvalue weighted by molar-refractivity contribution is 6.12. The Morgan fingerprint density at radius 2 is 0.792 bits per heavy atom. The first-order valence-corrected chi connectivity index (χ1v) is 16.4. The first-order chi connectivity index (χ1) is 25.3. The maximum Gasteiger partial charge on any atom is 0.416 e. The van der Waals surface area contributed by atoms with Gasteiger partial charge in [-0.3, -0.25) is 0 Å². The number of fused-ring (bicyclic) bond motifs is 3. The molecule has 8 rings (SSSR count). The van der Waals surface area contributed by atoms with Crippen LogP contribution in [-0.2, 0) is 12.4 Å². The Labute approximate surface area is 298 Å². The van der Waals surface area contributed by atoms with E-state index in [1.807, 2.05) is 83.4 Å². The summed E-state index contributed by atoms with van der Waals surface area (Å²) in [6.07, 6.45) is -9.57. The third-order valence-electron chi connectivity index (χ3n) is 9.33. The molecular formula is C44H25F8N. The Balaban J connectivity index is 1.35. The zero-order valence-electron chi connectivity index (χ0n) is 27.4. The second-order valence-corrected chi connectivity index (χ2v) is 12.7. The Hall–Kier alpha value is -6.22. The molecule has 0 aliphatic heterocycles. The smallest absolute Gasteiger partial charge is 0.309 e. The lowest BCUT2D eigenvalue weighted by Gasteiger charge is -2.15. The van der Waals surface area contributed by atoms with Gasteiger partial charge in [-0.1, -0.05) is 84.9 Å². The first kappa shape index (κ1) is 33.9. The number of hydrogen-bond acceptors (Lipinski definition) is 0. The van der Waals surface area contributed by atoms with Crippen LogP contribution < -0.4 is 0 Å². The fourth-order valence-corrected chi connectivity index (χ4v) is 6.87. The SMILES string of the molecule is Fc1cc(-c2ccc3c(c2)c2cc(-c4cc(F)cc(C(F)(F)F)c4)ccc2n3-c2ccccc2-c2ccc(-c3ccccc3)cc2)cc(C(F)(F)F)c1. The van der Waals surface area contributed by atoms with Gasteiger partial charge < -0.3 is 4.57 Å². The second-order valence-electron chi connectivity index (χ2n) is 12.7. The Kier molecular flexibility index (Phi) is 8.17. The number of halogens is 8. The van der Waals surface area contributed by atoms with E-state index < -0.39 is 35.1 Å². The average Bonchev–Trinajstić information content (AvgIpc) is 3.47. The van der Waals surface area contributed by atoms with Gasteiger partial charge in [0.2, 0.25) is 0 Å². The quantitative estimate of drug-likeness (QED) is 0.156. The molecule has 0 fully saturated rings. The standard InChI is InChI=1S/C44H25F8N/c45-35-20-31(18-33(24-35)43(47,48)49)29-14-16-41-38(22-29)39-23-30(32-19-34(44(50,51)52)25-36(46)21-32)15-17-42(39)53(41)40-9-5-4-8-37(40)28-12-10-27(11-13-28)26-6-2-1-3-7-26/h1-25H. The maximum atomic E-state index is 14.5. The molecule has 0 spiro atoms. The van der Waals surface area contributed by atoms with E-state index >= 15 is 0 Å². The molecule has 0 saturated carbocycles. The minimum absolute atomic E-state index is 0.00450. The predicted molar refractivity (Wildman–Crippen MR) is 192 cm³/mol. The van der Waals surface area contributed by atoms with Gasteiger partial charge in [0.25, 0.3) is 0 Å². The van der Waals surface area contributed by atoms with E-state index in [0.29, 0.717) is 45.1 Å². The van der Waals surface area contributed by atoms with Gasteiger partial charge in [0.05, 0.1) is 27.8 Å². The van der Waals surface area contributed by atoms with Gasteiger partial charge in [-0.25, -0.2) is 8.78 Å². The Bertz CT molecular complexity index is 2530. The minimum Gasteiger partial charge on any atom is -0.309 e. The monoisotopic (exact) mass is 719 g/mol. The van der Waals surface area contributed by atoms with Gasteiger partial charge >= 0.3 is 12.4 Å². The molecule has 262 valence electrons. The Morgan fingerprint density at radius 3 is 1.30 bits per heavy atom. The van der Waals surface area contributed by atoms with E-state index in [0.717, 1.165) is 52.2 Å². The molecule has 0 amide bonds. The van der Waals surface area contributed by atoms with Crippen molar-refractivity contribution >= 4 is 21.8 Å². The first-order valence-electron chi connectivity index (χ1n) is 16.4. The van der Waals surface area contributed by atoms with Crippen LogP contribution in [-0.4, -0.2) is 4.57 Å². The number of benzene rings is 7. The summed E-state index contributed by atoms with van der Waals surface area (Å²) < 4.78 is 113. The summed E-state index contributed by atoms with van der Waals surface area (Å²) in [7, 11) is 0. The third-order valence-corrected chi connectivity index (χ3v) is 9.33. The van der Waals surface area contributed by atoms with E-state index in [-0.39, 0.29) is 11.1 Å². The van der Waals surface area contributed by atoms with Crippen LogP contribution in [0, 0.1) is 11.6 Å². The molecule has 7 aromatic carbocycles. The molecule has 0 unspecified atom stereocenters. The molecule has 0 aliphatic rings. The van der Waals surface area contributed by atoms with Gasteiger partial charge in [-0.05, 0) is 106 Å². The van der Waals surface area contributed by atoms with Crippen molar-refractivity contribution in [2.75, 3.05) is 0 Å². The second kappa shape index (κ2) is 12.8. The molecule has 1 heterocycles. The van der Waals surface area contributed by atoms with Crippen molar-refractivity contribution in [2.45, 2.75) is 12.4 Å². The average molecular weight is 720 g/mol. The van der Waals surface area contributed by atoms with E-state index in [4.69, 9.17) is 0 Å². The van der Waals surface area contributed by atoms with E-state index in [2.05, 4.69) is 0 Å². The van der Waals surface area contributed by atoms with Crippen LogP contribution in [0.3, 0.4) is 0 Å². The lowest BCUT2D eigenvalue weighted by molar-refractivity contribution is -0.138. The molecule has 0 aliphatic carbocycles. The maximum absolute atomic E-state index is 14.5. The summed E-state index contributed by atoms with van der Waals surface area (Å²) in [5.41, 5.74) is 4.18. The molecule has 9 heteroatoms. The molecule has 8 aromatic rings. The molecule has 0 bridgehead atoms. The summed E-state index contributed by atoms with van der Waals surface area (Å²) in [4.78, 5) is 0. The normalized spacial score (nSPS) is 12.2. The van der Waals surface area contributed by atoms with Crippen LogP contribution in [0.1, 0.15) is 11.1 Å². The number of para-hydroxylation sites is 1. The van der Waals surface area contributed by atoms with Crippen molar-refractivity contribution in [3.8, 4) is 50.2 Å². The topological polar surface area (TPSA) is 4.93 Å². The van der Waals surface area contributed by atoms with E-state index in [1.165, 1.54) is 0 Å². The summed E-state index contributed by atoms with van der Waals surface area (Å²) in [6.45, 7) is 0. The molecule has 0 atom stereocenters. The number of alkyl halides is 6. The number of aromatic nitrogens is 1. The number of hydrogen-bond donors (Lipinski definition) is 0. The highest BCUT2D eigenvalue weighted by Gasteiger charge is 2.32. The summed E-state index contributed by atoms with van der Waals surface area (Å²) in [5, 5.41) is 1.08. The summed E-state index contributed by atoms with van der Waals surface area (Å²) in [6, 6.07) is 40.2. The fraction of sp³-hybridized carbons (Fsp3) is 0.0455. The summed E-state index contributed by atoms with van der Waals surface area (Å²) >= 11 is 0. The van der Waals surface area contributed by atoms with E-state index in [1.54, 1.807) is 36.4 Å². The van der Waals surface area contributed by atoms with Crippen LogP contribution in [0.15, 0.2) is 152 Å². The van der Waals surface area contributed by atoms with Crippen molar-refractivity contribution in [1.82, 2.24) is 4.57 Å². The Morgan fingerprint density at radius 1 is 0.358 bits per heavy atom. The molecule has 0 radical (unpaired) electrons. The van der Waals surface area contributed by atoms with Crippen LogP contribution in [0.2, 0.25) is 0 Å². The van der Waals surface area contributed by atoms with Gasteiger partial charge in [0.15, 0.2) is 0 Å². The molecule has 0 saturated heterocycles. The predicted octanol–water partition coefficient (Wildman–Crippen LogP) is 13.8. The van der Waals surface area contributed by atoms with Crippen molar-refractivity contribution in [3.63, 3.8) is 0 Å². The highest BCUT2D eigenvalue weighted by Crippen LogP contribution is 2.42. The molecule has 1 nitrogen and oxygen atoms in total. The number of rotatable bonds is 5. The van der Waals surface area contributed by atoms with Crippen LogP contribution in [0.4, 0.5) is 35.1 Å². The van der Waals surface area contributed by atoms with Crippen molar-refractivity contribution in [3.05, 3.63) is 174 Å². The van der Waals surface area contributed by atoms with Crippen LogP contribution in [0.5, 0.6) is 0 Å². The molecule has 1 aromatic heterocycles. The zero-order chi connectivity index (χ0) is 37.1. The fourth-order valence-electron chi connectivity index (χ4n) is 6.87. The van der Waals surface area contributed by atoms with Crippen LogP contribution >= 0.6 is 0 Å². The van der Waals surface area contributed by atoms with Crippen molar-refractivity contribution in [1.29, 1.82) is 0 Å². The molecule has 0 N–H and O–H groups in total. The van der Waals surface area contributed by atoms with Gasteiger partial charge in [-0.2, -0.15) is 26.3 Å². The lowest BCUT2D eigenvalue weighted by atomic mass is 9.98. The highest BCUT2D eigenvalue weighted by atomic mass is 19.4. The molecular weight excluding hydrogens is 694 g/mol. The van der Waals surface area contributed by atoms with E-state index in [9.17, 15) is 35.1 Å². The lowest BCUT2D eigenvalue weighted by Crippen LogP contribution is -2.05. The van der Waals surface area contributed by atoms with Gasteiger partial charge in [-0.15, -0.1) is 0 Å². The van der Waals surface area contributed by atoms with Gasteiger partial charge in [0, 0.05) is 16.3 Å². The van der Waals surface area contributed by atoms with Crippen molar-refractivity contribution in [2.24, 2.45) is 0 Å². The zero-order valence-corrected chi connectivity index (χ0v) is 27.4. The van der Waals surface area contributed by atoms with Crippen LogP contribution in [0.25, 0.3) is 72.0 Å². The minimum atomic E-state index is -4.78.